The second kappa shape index (κ2) is 5.62. The van der Waals surface area contributed by atoms with Crippen molar-refractivity contribution in [3.8, 4) is 6.57 Å². The minimum absolute atomic E-state index is 0.102. The van der Waals surface area contributed by atoms with Crippen molar-refractivity contribution >= 4 is 9.84 Å². The maximum Gasteiger partial charge on any atom is 0.403 e. The van der Waals surface area contributed by atoms with Crippen molar-refractivity contribution in [1.29, 1.82) is 0 Å². The zero-order valence-corrected chi connectivity index (χ0v) is 11.9. The molecule has 0 aromatic heterocycles. The molecule has 6 heteroatoms. The Balaban J connectivity index is 2.61. The summed E-state index contributed by atoms with van der Waals surface area (Å²) in [6.45, 7) is 6.90. The monoisotopic (exact) mass is 308 g/mol. The van der Waals surface area contributed by atoms with Crippen molar-refractivity contribution in [3.63, 3.8) is 0 Å². The van der Waals surface area contributed by atoms with E-state index in [9.17, 15) is 17.2 Å². The third-order valence-electron chi connectivity index (χ3n) is 3.03. The summed E-state index contributed by atoms with van der Waals surface area (Å²) in [6, 6.07) is 8.92. The van der Waals surface area contributed by atoms with Crippen LogP contribution in [0.25, 0.3) is 4.85 Å². The van der Waals surface area contributed by atoms with Crippen molar-refractivity contribution in [3.05, 3.63) is 70.1 Å². The quantitative estimate of drug-likeness (QED) is 0.867. The van der Waals surface area contributed by atoms with Crippen LogP contribution >= 0.6 is 0 Å². The Hall–Kier alpha value is -2.26. The highest BCUT2D eigenvalue weighted by molar-refractivity contribution is 7.91. The summed E-state index contributed by atoms with van der Waals surface area (Å²) < 4.78 is 52.5. The highest BCUT2D eigenvalue weighted by Gasteiger charge is 2.41. The number of benzene rings is 2. The highest BCUT2D eigenvalue weighted by Crippen LogP contribution is 2.33. The number of hydrogen-bond donors (Lipinski definition) is 0. The van der Waals surface area contributed by atoms with Gasteiger partial charge in [0.1, 0.15) is 17.2 Å². The molecule has 0 saturated carbocycles. The smallest absolute Gasteiger partial charge is 0.215 e. The van der Waals surface area contributed by atoms with E-state index in [4.69, 9.17) is 6.57 Å². The molecule has 0 heterocycles. The molecule has 3 nitrogen and oxygen atoms in total. The summed E-state index contributed by atoms with van der Waals surface area (Å²) in [4.78, 5) is 3.08. The lowest BCUT2D eigenvalue weighted by molar-refractivity contribution is 0.547. The molecule has 1 unspecified atom stereocenters. The van der Waals surface area contributed by atoms with E-state index in [-0.39, 0.29) is 4.90 Å². The fourth-order valence-electron chi connectivity index (χ4n) is 1.91. The van der Waals surface area contributed by atoms with E-state index in [1.165, 1.54) is 12.1 Å². The van der Waals surface area contributed by atoms with Crippen LogP contribution < -0.4 is 0 Å². The van der Waals surface area contributed by atoms with Crippen LogP contribution in [-0.4, -0.2) is 8.42 Å². The van der Waals surface area contributed by atoms with Gasteiger partial charge in [-0.25, -0.2) is 17.2 Å². The number of halogens is 2. The lowest BCUT2D eigenvalue weighted by atomic mass is 10.2. The van der Waals surface area contributed by atoms with Gasteiger partial charge in [-0.2, -0.15) is 0 Å². The van der Waals surface area contributed by atoms with E-state index in [0.29, 0.717) is 0 Å². The molecule has 0 bridgehead atoms. The minimum atomic E-state index is -4.14. The van der Waals surface area contributed by atoms with Crippen molar-refractivity contribution in [2.24, 2.45) is 0 Å². The van der Waals surface area contributed by atoms with Crippen molar-refractivity contribution in [1.82, 2.24) is 0 Å². The predicted molar refractivity (Wildman–Crippen MR) is 75.8 cm³/mol. The molecule has 0 aliphatic carbocycles. The van der Waals surface area contributed by atoms with Gasteiger partial charge in [-0.1, -0.05) is 28.6 Å². The molecule has 2 rings (SSSR count). The summed E-state index contributed by atoms with van der Waals surface area (Å²) in [5, 5.41) is -1.83. The van der Waals surface area contributed by atoms with Crippen molar-refractivity contribution < 1.29 is 17.2 Å². The molecule has 2 aromatic carbocycles. The number of rotatable bonds is 3. The number of aryl methyl sites for hydroxylation is 1. The van der Waals surface area contributed by atoms with Gasteiger partial charge < -0.3 is 0 Å². The first-order valence-corrected chi connectivity index (χ1v) is 7.57. The van der Waals surface area contributed by atoms with E-state index < -0.39 is 32.4 Å². The van der Waals surface area contributed by atoms with Crippen LogP contribution in [0.15, 0.2) is 47.4 Å². The lowest BCUT2D eigenvalue weighted by Gasteiger charge is -2.07. The van der Waals surface area contributed by atoms with E-state index in [1.54, 1.807) is 19.1 Å². The molecule has 0 fully saturated rings. The minimum Gasteiger partial charge on any atom is -0.215 e. The van der Waals surface area contributed by atoms with Gasteiger partial charge in [0.05, 0.1) is 4.90 Å². The fourth-order valence-corrected chi connectivity index (χ4v) is 3.38. The van der Waals surface area contributed by atoms with E-state index >= 15 is 0 Å². The molecule has 0 aliphatic rings. The van der Waals surface area contributed by atoms with Crippen molar-refractivity contribution in [2.75, 3.05) is 0 Å². The Morgan fingerprint density at radius 3 is 2.05 bits per heavy atom. The largest absolute Gasteiger partial charge is 0.403 e. The van der Waals surface area contributed by atoms with Gasteiger partial charge in [0.2, 0.25) is 0 Å². The second-order valence-corrected chi connectivity index (χ2v) is 6.50. The lowest BCUT2D eigenvalue weighted by Crippen LogP contribution is -2.14. The molecule has 21 heavy (non-hydrogen) atoms. The number of nitrogens with zero attached hydrogens (tertiary/aromatic N) is 1. The van der Waals surface area contributed by atoms with Gasteiger partial charge >= 0.3 is 5.37 Å². The average molecular weight is 308 g/mol. The molecule has 0 radical (unpaired) electrons. The maximum absolute atomic E-state index is 13.8. The SMILES string of the molecule is C#[N+]C(c1c(F)cccc1F)S(=O)(=O)c1ccc(C)cc1. The molecule has 1 atom stereocenters. The summed E-state index contributed by atoms with van der Waals surface area (Å²) >= 11 is 0. The van der Waals surface area contributed by atoms with Crippen LogP contribution in [0, 0.1) is 25.1 Å². The van der Waals surface area contributed by atoms with Crippen LogP contribution in [0.4, 0.5) is 8.78 Å². The van der Waals surface area contributed by atoms with E-state index in [1.807, 2.05) is 0 Å². The number of sulfone groups is 1. The molecular weight excluding hydrogens is 296 g/mol. The maximum atomic E-state index is 13.8. The average Bonchev–Trinajstić information content (AvgIpc) is 2.43. The third kappa shape index (κ3) is 2.78. The molecule has 108 valence electrons. The first-order valence-electron chi connectivity index (χ1n) is 6.02. The Bertz CT molecular complexity index is 788. The van der Waals surface area contributed by atoms with Gasteiger partial charge in [0.25, 0.3) is 16.4 Å². The highest BCUT2D eigenvalue weighted by atomic mass is 32.2. The molecule has 2 aromatic rings. The first-order chi connectivity index (χ1) is 9.87. The fraction of sp³-hybridized carbons (Fsp3) is 0.133. The summed E-state index contributed by atoms with van der Waals surface area (Å²) in [6.07, 6.45) is 0. The van der Waals surface area contributed by atoms with Crippen LogP contribution in [0.2, 0.25) is 0 Å². The molecule has 0 N–H and O–H groups in total. The molecular formula is C15H12F2NO2S+. The Morgan fingerprint density at radius 2 is 1.57 bits per heavy atom. The topological polar surface area (TPSA) is 38.5 Å². The Kier molecular flexibility index (Phi) is 4.05. The molecule has 0 amide bonds. The van der Waals surface area contributed by atoms with Crippen molar-refractivity contribution in [2.45, 2.75) is 17.2 Å². The molecule has 0 spiro atoms. The Morgan fingerprint density at radius 1 is 1.05 bits per heavy atom. The van der Waals surface area contributed by atoms with Gasteiger partial charge in [-0.05, 0) is 31.2 Å². The van der Waals surface area contributed by atoms with E-state index in [0.717, 1.165) is 23.8 Å². The van der Waals surface area contributed by atoms with Gasteiger partial charge in [-0.15, -0.1) is 0 Å². The van der Waals surface area contributed by atoms with Crippen LogP contribution in [0.3, 0.4) is 0 Å². The number of hydrogen-bond acceptors (Lipinski definition) is 2. The third-order valence-corrected chi connectivity index (χ3v) is 4.90. The standard InChI is InChI=1S/C15H12F2NO2S/c1-10-6-8-11(9-7-10)21(19,20)15(18-2)14-12(16)4-3-5-13(14)17/h2-9,15H,1H3/q+1. The van der Waals surface area contributed by atoms with Crippen LogP contribution in [0.1, 0.15) is 16.5 Å². The predicted octanol–water partition coefficient (Wildman–Crippen LogP) is 3.71. The van der Waals surface area contributed by atoms with Gasteiger partial charge in [0, 0.05) is 0 Å². The molecule has 0 aliphatic heterocycles. The Labute approximate surface area is 121 Å². The van der Waals surface area contributed by atoms with Gasteiger partial charge in [0.15, 0.2) is 0 Å². The zero-order valence-electron chi connectivity index (χ0n) is 11.1. The van der Waals surface area contributed by atoms with E-state index in [2.05, 4.69) is 4.85 Å². The van der Waals surface area contributed by atoms with Crippen LogP contribution in [0.5, 0.6) is 0 Å². The normalized spacial score (nSPS) is 12.7. The van der Waals surface area contributed by atoms with Gasteiger partial charge in [-0.3, -0.25) is 0 Å². The molecule has 0 saturated heterocycles. The zero-order chi connectivity index (χ0) is 15.6. The summed E-state index contributed by atoms with van der Waals surface area (Å²) in [5.74, 6) is -2.02. The second-order valence-electron chi connectivity index (χ2n) is 4.49. The summed E-state index contributed by atoms with van der Waals surface area (Å²) in [7, 11) is -4.14. The van der Waals surface area contributed by atoms with Crippen LogP contribution in [-0.2, 0) is 9.84 Å². The summed E-state index contributed by atoms with van der Waals surface area (Å²) in [5.41, 5.74) is 0.174. The first kappa shape index (κ1) is 15.1.